The second kappa shape index (κ2) is 9.29. The molecule has 3 aromatic rings. The van der Waals surface area contributed by atoms with Gasteiger partial charge in [-0.05, 0) is 31.0 Å². The van der Waals surface area contributed by atoms with E-state index in [1.54, 1.807) is 40.1 Å². The van der Waals surface area contributed by atoms with Crippen LogP contribution >= 0.6 is 0 Å². The maximum Gasteiger partial charge on any atom is 0.254 e. The fourth-order valence-corrected chi connectivity index (χ4v) is 4.91. The molecule has 2 amide bonds. The molecule has 0 atom stereocenters. The molecule has 1 aromatic heterocycles. The van der Waals surface area contributed by atoms with Gasteiger partial charge in [-0.15, -0.1) is 0 Å². The van der Waals surface area contributed by atoms with Gasteiger partial charge in [-0.2, -0.15) is 0 Å². The molecular formula is C26H27FN4O3. The molecule has 0 unspecified atom stereocenters. The van der Waals surface area contributed by atoms with Crippen LogP contribution in [0.2, 0.25) is 0 Å². The molecule has 8 heteroatoms. The lowest BCUT2D eigenvalue weighted by atomic mass is 10.1. The molecule has 2 aliphatic rings. The van der Waals surface area contributed by atoms with Crippen molar-refractivity contribution in [1.82, 2.24) is 14.4 Å². The zero-order valence-corrected chi connectivity index (χ0v) is 19.0. The fraction of sp³-hybridized carbons (Fsp3) is 0.346. The molecule has 0 aliphatic carbocycles. The third-order valence-corrected chi connectivity index (χ3v) is 6.76. The van der Waals surface area contributed by atoms with Crippen LogP contribution in [0.25, 0.3) is 10.9 Å². The molecule has 0 saturated carbocycles. The van der Waals surface area contributed by atoms with Crippen LogP contribution in [0.15, 0.2) is 59.4 Å². The van der Waals surface area contributed by atoms with E-state index in [1.165, 1.54) is 16.7 Å². The minimum Gasteiger partial charge on any atom is -0.366 e. The highest BCUT2D eigenvalue weighted by atomic mass is 19.1. The van der Waals surface area contributed by atoms with Crippen LogP contribution in [0.4, 0.5) is 10.1 Å². The molecule has 2 fully saturated rings. The van der Waals surface area contributed by atoms with Crippen molar-refractivity contribution < 1.29 is 14.0 Å². The molecule has 2 aliphatic heterocycles. The Morgan fingerprint density at radius 3 is 2.24 bits per heavy atom. The largest absolute Gasteiger partial charge is 0.366 e. The lowest BCUT2D eigenvalue weighted by Crippen LogP contribution is -2.50. The highest BCUT2D eigenvalue weighted by Crippen LogP contribution is 2.22. The van der Waals surface area contributed by atoms with Crippen molar-refractivity contribution in [3.8, 4) is 0 Å². The number of hydrogen-bond donors (Lipinski definition) is 0. The summed E-state index contributed by atoms with van der Waals surface area (Å²) in [6.07, 6.45) is 1.94. The van der Waals surface area contributed by atoms with E-state index < -0.39 is 0 Å². The SMILES string of the molecule is O=C(Cn1c(=O)cc(C(=O)N2CCCC2)c2ccccc21)N1CCN(c2ccccc2F)CC1. The monoisotopic (exact) mass is 462 g/mol. The number of fused-ring (bicyclic) bond motifs is 1. The van der Waals surface area contributed by atoms with E-state index >= 15 is 0 Å². The predicted octanol–water partition coefficient (Wildman–Crippen LogP) is 2.73. The normalized spacial score (nSPS) is 16.3. The second-order valence-electron chi connectivity index (χ2n) is 8.82. The summed E-state index contributed by atoms with van der Waals surface area (Å²) < 4.78 is 15.6. The maximum absolute atomic E-state index is 14.1. The standard InChI is InChI=1S/C26H27FN4O3/c27-21-8-2-4-10-23(21)28-13-15-29(16-14-28)25(33)18-31-22-9-3-1-7-19(22)20(17-24(31)32)26(34)30-11-5-6-12-30/h1-4,7-10,17H,5-6,11-16,18H2. The van der Waals surface area contributed by atoms with Gasteiger partial charge in [0.2, 0.25) is 5.91 Å². The van der Waals surface area contributed by atoms with Crippen LogP contribution in [-0.4, -0.2) is 65.4 Å². The molecule has 7 nitrogen and oxygen atoms in total. The summed E-state index contributed by atoms with van der Waals surface area (Å²) in [7, 11) is 0. The third kappa shape index (κ3) is 4.16. The van der Waals surface area contributed by atoms with Crippen LogP contribution in [0.1, 0.15) is 23.2 Å². The summed E-state index contributed by atoms with van der Waals surface area (Å²) in [5, 5.41) is 0.677. The Hall–Kier alpha value is -3.68. The average Bonchev–Trinajstić information content (AvgIpc) is 3.41. The Labute approximate surface area is 197 Å². The lowest BCUT2D eigenvalue weighted by molar-refractivity contribution is -0.132. The highest BCUT2D eigenvalue weighted by Gasteiger charge is 2.26. The van der Waals surface area contributed by atoms with Gasteiger partial charge in [0.1, 0.15) is 12.4 Å². The van der Waals surface area contributed by atoms with Crippen LogP contribution in [0, 0.1) is 5.82 Å². The Bertz CT molecular complexity index is 1290. The first-order valence-corrected chi connectivity index (χ1v) is 11.7. The number of piperazine rings is 1. The van der Waals surface area contributed by atoms with E-state index in [-0.39, 0.29) is 29.7 Å². The quantitative estimate of drug-likeness (QED) is 0.598. The summed E-state index contributed by atoms with van der Waals surface area (Å²) in [5.74, 6) is -0.573. The molecule has 5 rings (SSSR count). The molecular weight excluding hydrogens is 435 g/mol. The van der Waals surface area contributed by atoms with Crippen LogP contribution in [0.5, 0.6) is 0 Å². The van der Waals surface area contributed by atoms with E-state index in [0.717, 1.165) is 12.8 Å². The Morgan fingerprint density at radius 1 is 0.824 bits per heavy atom. The predicted molar refractivity (Wildman–Crippen MR) is 129 cm³/mol. The Kier molecular flexibility index (Phi) is 6.04. The number of amides is 2. The molecule has 34 heavy (non-hydrogen) atoms. The molecule has 2 aromatic carbocycles. The number of para-hydroxylation sites is 2. The molecule has 0 spiro atoms. The van der Waals surface area contributed by atoms with Gasteiger partial charge in [0, 0.05) is 50.7 Å². The van der Waals surface area contributed by atoms with Crippen molar-refractivity contribution in [2.24, 2.45) is 0 Å². The van der Waals surface area contributed by atoms with Gasteiger partial charge in [-0.3, -0.25) is 19.0 Å². The number of anilines is 1. The van der Waals surface area contributed by atoms with E-state index in [9.17, 15) is 18.8 Å². The zero-order chi connectivity index (χ0) is 23.7. The topological polar surface area (TPSA) is 65.9 Å². The average molecular weight is 463 g/mol. The van der Waals surface area contributed by atoms with Crippen molar-refractivity contribution in [3.63, 3.8) is 0 Å². The van der Waals surface area contributed by atoms with Gasteiger partial charge in [-0.25, -0.2) is 4.39 Å². The minimum absolute atomic E-state index is 0.1000. The van der Waals surface area contributed by atoms with Gasteiger partial charge in [-0.1, -0.05) is 30.3 Å². The van der Waals surface area contributed by atoms with Crippen LogP contribution in [0.3, 0.4) is 0 Å². The fourth-order valence-electron chi connectivity index (χ4n) is 4.91. The number of benzene rings is 2. The molecule has 0 bridgehead atoms. The van der Waals surface area contributed by atoms with E-state index in [0.29, 0.717) is 61.4 Å². The summed E-state index contributed by atoms with van der Waals surface area (Å²) in [5.41, 5.74) is 1.15. The molecule has 3 heterocycles. The van der Waals surface area contributed by atoms with Crippen LogP contribution < -0.4 is 10.5 Å². The van der Waals surface area contributed by atoms with E-state index in [4.69, 9.17) is 0 Å². The zero-order valence-electron chi connectivity index (χ0n) is 19.0. The Morgan fingerprint density at radius 2 is 1.50 bits per heavy atom. The first-order valence-electron chi connectivity index (χ1n) is 11.7. The van der Waals surface area contributed by atoms with Gasteiger partial charge in [0.25, 0.3) is 11.5 Å². The molecule has 0 radical (unpaired) electrons. The van der Waals surface area contributed by atoms with E-state index in [2.05, 4.69) is 0 Å². The first-order chi connectivity index (χ1) is 16.5. The second-order valence-corrected chi connectivity index (χ2v) is 8.82. The van der Waals surface area contributed by atoms with Gasteiger partial charge in [0.15, 0.2) is 0 Å². The third-order valence-electron chi connectivity index (χ3n) is 6.76. The number of nitrogens with zero attached hydrogens (tertiary/aromatic N) is 4. The Balaban J connectivity index is 1.35. The van der Waals surface area contributed by atoms with Gasteiger partial charge in [0.05, 0.1) is 16.8 Å². The summed E-state index contributed by atoms with van der Waals surface area (Å²) in [6, 6.07) is 15.2. The highest BCUT2D eigenvalue weighted by molar-refractivity contribution is 6.06. The van der Waals surface area contributed by atoms with Gasteiger partial charge < -0.3 is 14.7 Å². The molecule has 0 N–H and O–H groups in total. The number of carbonyl (C=O) groups is 2. The van der Waals surface area contributed by atoms with E-state index in [1.807, 2.05) is 17.0 Å². The van der Waals surface area contributed by atoms with Gasteiger partial charge >= 0.3 is 0 Å². The van der Waals surface area contributed by atoms with Crippen molar-refractivity contribution in [1.29, 1.82) is 0 Å². The minimum atomic E-state index is -0.361. The maximum atomic E-state index is 14.1. The van der Waals surface area contributed by atoms with Crippen LogP contribution in [-0.2, 0) is 11.3 Å². The molecule has 2 saturated heterocycles. The number of rotatable bonds is 4. The van der Waals surface area contributed by atoms with Crippen molar-refractivity contribution in [3.05, 3.63) is 76.3 Å². The first kappa shape index (κ1) is 22.1. The van der Waals surface area contributed by atoms with Crippen molar-refractivity contribution in [2.75, 3.05) is 44.2 Å². The lowest BCUT2D eigenvalue weighted by Gasteiger charge is -2.36. The van der Waals surface area contributed by atoms with Crippen molar-refractivity contribution in [2.45, 2.75) is 19.4 Å². The van der Waals surface area contributed by atoms with Crippen molar-refractivity contribution >= 4 is 28.4 Å². The molecule has 176 valence electrons. The number of likely N-dealkylation sites (tertiary alicyclic amines) is 1. The summed E-state index contributed by atoms with van der Waals surface area (Å²) in [6.45, 7) is 3.24. The summed E-state index contributed by atoms with van der Waals surface area (Å²) >= 11 is 0. The number of aromatic nitrogens is 1. The smallest absolute Gasteiger partial charge is 0.254 e. The number of halogens is 1. The number of pyridine rings is 1. The summed E-state index contributed by atoms with van der Waals surface area (Å²) in [4.78, 5) is 44.6. The number of hydrogen-bond acceptors (Lipinski definition) is 4. The number of carbonyl (C=O) groups excluding carboxylic acids is 2.